The monoisotopic (exact) mass is 416 g/mol. The zero-order valence-corrected chi connectivity index (χ0v) is 18.2. The second-order valence-electron chi connectivity index (χ2n) is 9.62. The highest BCUT2D eigenvalue weighted by Crippen LogP contribution is 2.57. The van der Waals surface area contributed by atoms with Gasteiger partial charge < -0.3 is 10.0 Å². The third-order valence-electron chi connectivity index (χ3n) is 7.90. The van der Waals surface area contributed by atoms with Crippen molar-refractivity contribution in [3.8, 4) is 5.75 Å². The summed E-state index contributed by atoms with van der Waals surface area (Å²) in [7, 11) is 0. The third kappa shape index (κ3) is 2.96. The molecule has 160 valence electrons. The van der Waals surface area contributed by atoms with Crippen LogP contribution in [0.3, 0.4) is 0 Å². The molecule has 2 aliphatic rings. The number of likely N-dealkylation sites (tertiary alicyclic amines) is 1. The minimum atomic E-state index is -0.102. The van der Waals surface area contributed by atoms with Crippen molar-refractivity contribution in [3.63, 3.8) is 0 Å². The zero-order chi connectivity index (χ0) is 21.8. The van der Waals surface area contributed by atoms with Crippen molar-refractivity contribution in [1.82, 2.24) is 19.7 Å². The number of carbonyl (C=O) groups excluding carboxylic acids is 1. The van der Waals surface area contributed by atoms with Gasteiger partial charge in [0.2, 0.25) is 0 Å². The molecule has 0 saturated carbocycles. The summed E-state index contributed by atoms with van der Waals surface area (Å²) in [6.45, 7) is 8.18. The Bertz CT molecular complexity index is 1120. The van der Waals surface area contributed by atoms with E-state index >= 15 is 0 Å². The molecule has 1 aliphatic heterocycles. The predicted octanol–water partition coefficient (Wildman–Crippen LogP) is 3.79. The Labute approximate surface area is 182 Å². The number of hydrogen-bond acceptors (Lipinski definition) is 4. The first-order valence-corrected chi connectivity index (χ1v) is 10.8. The Kier molecular flexibility index (Phi) is 4.43. The standard InChI is InChI=1S/C25H28N4O2/c1-24(2)22-13-19-20(5-4-6-21(19)30)25(24,3)11-12-29(22)23(31)18-9-7-17(8-10-18)14-28-16-26-15-27-28/h4-10,15-16,22,30H,11-14H2,1-3H3/t22?,25-/m0/s1. The molecule has 31 heavy (non-hydrogen) atoms. The van der Waals surface area contributed by atoms with Crippen molar-refractivity contribution in [2.45, 2.75) is 51.6 Å². The zero-order valence-electron chi connectivity index (χ0n) is 18.2. The number of phenols is 1. The van der Waals surface area contributed by atoms with Crippen molar-refractivity contribution < 1.29 is 9.90 Å². The lowest BCUT2D eigenvalue weighted by atomic mass is 9.51. The molecule has 2 aromatic carbocycles. The maximum absolute atomic E-state index is 13.6. The first-order chi connectivity index (χ1) is 14.8. The van der Waals surface area contributed by atoms with Gasteiger partial charge in [-0.3, -0.25) is 4.79 Å². The Hall–Kier alpha value is -3.15. The fraction of sp³-hybridized carbons (Fsp3) is 0.400. The molecule has 1 aliphatic carbocycles. The fourth-order valence-corrected chi connectivity index (χ4v) is 5.59. The van der Waals surface area contributed by atoms with Gasteiger partial charge in [-0.05, 0) is 53.1 Å². The van der Waals surface area contributed by atoms with Crippen LogP contribution < -0.4 is 0 Å². The number of hydrogen-bond donors (Lipinski definition) is 1. The van der Waals surface area contributed by atoms with Gasteiger partial charge in [-0.15, -0.1) is 0 Å². The van der Waals surface area contributed by atoms with Crippen molar-refractivity contribution in [1.29, 1.82) is 0 Å². The molecular formula is C25H28N4O2. The average molecular weight is 417 g/mol. The molecule has 2 atom stereocenters. The Morgan fingerprint density at radius 3 is 2.65 bits per heavy atom. The summed E-state index contributed by atoms with van der Waals surface area (Å²) in [6, 6.07) is 13.7. The average Bonchev–Trinajstić information content (AvgIpc) is 3.24. The van der Waals surface area contributed by atoms with Crippen LogP contribution in [0.4, 0.5) is 0 Å². The highest BCUT2D eigenvalue weighted by atomic mass is 16.3. The van der Waals surface area contributed by atoms with Gasteiger partial charge in [-0.2, -0.15) is 5.10 Å². The molecular weight excluding hydrogens is 388 g/mol. The Balaban J connectivity index is 1.44. The molecule has 5 rings (SSSR count). The summed E-state index contributed by atoms with van der Waals surface area (Å²) >= 11 is 0. The van der Waals surface area contributed by atoms with Crippen LogP contribution in [0.5, 0.6) is 5.75 Å². The summed E-state index contributed by atoms with van der Waals surface area (Å²) in [4.78, 5) is 19.6. The number of phenolic OH excluding ortho intramolecular Hbond substituents is 1. The van der Waals surface area contributed by atoms with E-state index in [4.69, 9.17) is 0 Å². The van der Waals surface area contributed by atoms with Gasteiger partial charge in [-0.25, -0.2) is 9.67 Å². The van der Waals surface area contributed by atoms with Gasteiger partial charge in [0.25, 0.3) is 5.91 Å². The number of rotatable bonds is 3. The summed E-state index contributed by atoms with van der Waals surface area (Å²) in [5, 5.41) is 14.7. The minimum Gasteiger partial charge on any atom is -0.508 e. The van der Waals surface area contributed by atoms with Gasteiger partial charge in [0, 0.05) is 23.6 Å². The topological polar surface area (TPSA) is 71.2 Å². The van der Waals surface area contributed by atoms with E-state index in [9.17, 15) is 9.90 Å². The maximum Gasteiger partial charge on any atom is 0.254 e. The van der Waals surface area contributed by atoms with Crippen molar-refractivity contribution in [2.75, 3.05) is 6.54 Å². The molecule has 1 N–H and O–H groups in total. The van der Waals surface area contributed by atoms with Crippen LogP contribution in [0.1, 0.15) is 54.2 Å². The predicted molar refractivity (Wildman–Crippen MR) is 118 cm³/mol. The smallest absolute Gasteiger partial charge is 0.254 e. The van der Waals surface area contributed by atoms with Crippen LogP contribution in [0, 0.1) is 5.41 Å². The largest absolute Gasteiger partial charge is 0.508 e. The Morgan fingerprint density at radius 2 is 1.94 bits per heavy atom. The molecule has 3 aromatic rings. The van der Waals surface area contributed by atoms with Crippen LogP contribution in [0.25, 0.3) is 0 Å². The first kappa shape index (κ1) is 19.8. The SMILES string of the molecule is CC1(C)C2Cc3c(O)cccc3[C@]1(C)CCN2C(=O)c1ccc(Cn2cncn2)cc1. The molecule has 6 heteroatoms. The van der Waals surface area contributed by atoms with Gasteiger partial charge in [0.05, 0.1) is 6.54 Å². The molecule has 6 nitrogen and oxygen atoms in total. The van der Waals surface area contributed by atoms with Crippen LogP contribution in [-0.4, -0.2) is 43.3 Å². The molecule has 0 radical (unpaired) electrons. The maximum atomic E-state index is 13.6. The van der Waals surface area contributed by atoms with Crippen molar-refractivity contribution in [3.05, 3.63) is 77.4 Å². The van der Waals surface area contributed by atoms with Crippen molar-refractivity contribution in [2.24, 2.45) is 5.41 Å². The van der Waals surface area contributed by atoms with Gasteiger partial charge in [-0.1, -0.05) is 45.0 Å². The fourth-order valence-electron chi connectivity index (χ4n) is 5.59. The van der Waals surface area contributed by atoms with E-state index < -0.39 is 0 Å². The summed E-state index contributed by atoms with van der Waals surface area (Å²) in [5.74, 6) is 0.405. The summed E-state index contributed by atoms with van der Waals surface area (Å²) in [6.07, 6.45) is 4.76. The second kappa shape index (κ2) is 6.94. The second-order valence-corrected chi connectivity index (χ2v) is 9.62. The number of benzene rings is 2. The van der Waals surface area contributed by atoms with E-state index in [1.165, 1.54) is 11.9 Å². The summed E-state index contributed by atoms with van der Waals surface area (Å²) < 4.78 is 1.76. The van der Waals surface area contributed by atoms with Gasteiger partial charge in [0.15, 0.2) is 0 Å². The first-order valence-electron chi connectivity index (χ1n) is 10.8. The molecule has 2 heterocycles. The van der Waals surface area contributed by atoms with E-state index in [0.717, 1.165) is 24.1 Å². The molecule has 1 unspecified atom stereocenters. The lowest BCUT2D eigenvalue weighted by Gasteiger charge is -2.60. The number of carbonyl (C=O) groups is 1. The van der Waals surface area contributed by atoms with E-state index in [1.54, 1.807) is 17.1 Å². The van der Waals surface area contributed by atoms with E-state index in [2.05, 4.69) is 36.9 Å². The van der Waals surface area contributed by atoms with Crippen LogP contribution >= 0.6 is 0 Å². The van der Waals surface area contributed by atoms with Crippen molar-refractivity contribution >= 4 is 5.91 Å². The number of aromatic nitrogens is 3. The number of piperidine rings is 1. The van der Waals surface area contributed by atoms with Gasteiger partial charge in [0.1, 0.15) is 18.4 Å². The highest BCUT2D eigenvalue weighted by Gasteiger charge is 2.57. The number of fused-ring (bicyclic) bond motifs is 4. The van der Waals surface area contributed by atoms with E-state index in [0.29, 0.717) is 24.3 Å². The molecule has 1 aromatic heterocycles. The van der Waals surface area contributed by atoms with Gasteiger partial charge >= 0.3 is 0 Å². The molecule has 1 fully saturated rings. The lowest BCUT2D eigenvalue weighted by Crippen LogP contribution is -2.64. The van der Waals surface area contributed by atoms with E-state index in [-0.39, 0.29) is 22.8 Å². The lowest BCUT2D eigenvalue weighted by molar-refractivity contribution is -0.0266. The molecule has 0 spiro atoms. The van der Waals surface area contributed by atoms with Crippen LogP contribution in [-0.2, 0) is 18.4 Å². The normalized spacial score (nSPS) is 24.0. The molecule has 1 saturated heterocycles. The number of nitrogens with zero attached hydrogens (tertiary/aromatic N) is 4. The van der Waals surface area contributed by atoms with Crippen LogP contribution in [0.2, 0.25) is 0 Å². The third-order valence-corrected chi connectivity index (χ3v) is 7.90. The minimum absolute atomic E-state index is 0.0365. The quantitative estimate of drug-likeness (QED) is 0.705. The highest BCUT2D eigenvalue weighted by molar-refractivity contribution is 5.94. The summed E-state index contributed by atoms with van der Waals surface area (Å²) in [5.41, 5.74) is 3.82. The van der Waals surface area contributed by atoms with E-state index in [1.807, 2.05) is 35.2 Å². The molecule has 1 amide bonds. The van der Waals surface area contributed by atoms with Crippen LogP contribution in [0.15, 0.2) is 55.1 Å². The number of aromatic hydroxyl groups is 1. The number of amides is 1. The molecule has 2 bridgehead atoms. The Morgan fingerprint density at radius 1 is 1.16 bits per heavy atom.